The van der Waals surface area contributed by atoms with E-state index in [4.69, 9.17) is 0 Å². The van der Waals surface area contributed by atoms with E-state index in [2.05, 4.69) is 4.98 Å². The summed E-state index contributed by atoms with van der Waals surface area (Å²) in [7, 11) is 0. The maximum Gasteiger partial charge on any atom is 0.253 e. The average Bonchev–Trinajstić information content (AvgIpc) is 2.91. The van der Waals surface area contributed by atoms with E-state index in [-0.39, 0.29) is 11.8 Å². The van der Waals surface area contributed by atoms with Crippen molar-refractivity contribution in [2.45, 2.75) is 39.5 Å². The predicted octanol–water partition coefficient (Wildman–Crippen LogP) is 2.17. The van der Waals surface area contributed by atoms with Gasteiger partial charge in [-0.3, -0.25) is 14.6 Å². The van der Waals surface area contributed by atoms with Gasteiger partial charge in [0.2, 0.25) is 5.91 Å². The van der Waals surface area contributed by atoms with Crippen molar-refractivity contribution < 1.29 is 9.59 Å². The van der Waals surface area contributed by atoms with Crippen LogP contribution in [0.1, 0.15) is 47.4 Å². The van der Waals surface area contributed by atoms with Crippen LogP contribution in [0.2, 0.25) is 0 Å². The van der Waals surface area contributed by atoms with Gasteiger partial charge in [-0.15, -0.1) is 0 Å². The van der Waals surface area contributed by atoms with Gasteiger partial charge in [0, 0.05) is 49.6 Å². The van der Waals surface area contributed by atoms with E-state index in [0.29, 0.717) is 12.3 Å². The lowest BCUT2D eigenvalue weighted by atomic mass is 9.96. The Balaban J connectivity index is 1.65. The molecule has 2 aliphatic heterocycles. The Bertz CT molecular complexity index is 594. The number of pyridine rings is 1. The molecule has 3 rings (SSSR count). The SMILES string of the molecule is Cc1cc(C(=O)N2CCC[C@H](CN3CCCC3=O)C2)cc(C)n1. The van der Waals surface area contributed by atoms with Gasteiger partial charge in [-0.1, -0.05) is 0 Å². The van der Waals surface area contributed by atoms with E-state index in [1.807, 2.05) is 35.8 Å². The van der Waals surface area contributed by atoms with Crippen LogP contribution in [0, 0.1) is 19.8 Å². The van der Waals surface area contributed by atoms with Crippen molar-refractivity contribution in [1.82, 2.24) is 14.8 Å². The number of rotatable bonds is 3. The molecule has 2 aliphatic rings. The van der Waals surface area contributed by atoms with Crippen LogP contribution in [0.4, 0.5) is 0 Å². The molecule has 0 saturated carbocycles. The maximum absolute atomic E-state index is 12.8. The molecule has 23 heavy (non-hydrogen) atoms. The van der Waals surface area contributed by atoms with Gasteiger partial charge in [0.25, 0.3) is 5.91 Å². The van der Waals surface area contributed by atoms with E-state index in [1.165, 1.54) is 0 Å². The van der Waals surface area contributed by atoms with E-state index in [0.717, 1.165) is 62.4 Å². The van der Waals surface area contributed by atoms with Gasteiger partial charge < -0.3 is 9.80 Å². The fourth-order valence-electron chi connectivity index (χ4n) is 3.75. The van der Waals surface area contributed by atoms with Gasteiger partial charge in [0.1, 0.15) is 0 Å². The first-order chi connectivity index (χ1) is 11.0. The summed E-state index contributed by atoms with van der Waals surface area (Å²) in [6.45, 7) is 7.08. The molecule has 3 heterocycles. The van der Waals surface area contributed by atoms with Gasteiger partial charge >= 0.3 is 0 Å². The summed E-state index contributed by atoms with van der Waals surface area (Å²) in [5, 5.41) is 0. The van der Waals surface area contributed by atoms with Crippen LogP contribution in [0.3, 0.4) is 0 Å². The quantitative estimate of drug-likeness (QED) is 0.859. The summed E-state index contributed by atoms with van der Waals surface area (Å²) in [4.78, 5) is 32.8. The highest BCUT2D eigenvalue weighted by molar-refractivity contribution is 5.94. The number of aromatic nitrogens is 1. The number of amides is 2. The molecule has 1 aromatic rings. The first-order valence-electron chi connectivity index (χ1n) is 8.55. The predicted molar refractivity (Wildman–Crippen MR) is 88.2 cm³/mol. The summed E-state index contributed by atoms with van der Waals surface area (Å²) in [5.41, 5.74) is 2.49. The Morgan fingerprint density at radius 2 is 1.96 bits per heavy atom. The van der Waals surface area contributed by atoms with Crippen molar-refractivity contribution in [3.63, 3.8) is 0 Å². The molecule has 0 aliphatic carbocycles. The summed E-state index contributed by atoms with van der Waals surface area (Å²) in [6, 6.07) is 3.73. The number of likely N-dealkylation sites (tertiary alicyclic amines) is 2. The molecule has 0 spiro atoms. The van der Waals surface area contributed by atoms with E-state index in [1.54, 1.807) is 0 Å². The molecule has 2 saturated heterocycles. The molecule has 1 aromatic heterocycles. The second kappa shape index (κ2) is 6.69. The van der Waals surface area contributed by atoms with Crippen LogP contribution in [0.15, 0.2) is 12.1 Å². The smallest absolute Gasteiger partial charge is 0.253 e. The van der Waals surface area contributed by atoms with Crippen molar-refractivity contribution in [2.24, 2.45) is 5.92 Å². The third-order valence-electron chi connectivity index (χ3n) is 4.78. The van der Waals surface area contributed by atoms with Crippen molar-refractivity contribution in [3.05, 3.63) is 29.1 Å². The lowest BCUT2D eigenvalue weighted by Gasteiger charge is -2.34. The lowest BCUT2D eigenvalue weighted by molar-refractivity contribution is -0.128. The van der Waals surface area contributed by atoms with Crippen LogP contribution in [-0.4, -0.2) is 52.8 Å². The van der Waals surface area contributed by atoms with Crippen LogP contribution >= 0.6 is 0 Å². The molecule has 0 radical (unpaired) electrons. The highest BCUT2D eigenvalue weighted by atomic mass is 16.2. The topological polar surface area (TPSA) is 53.5 Å². The molecule has 124 valence electrons. The number of carbonyl (C=O) groups excluding carboxylic acids is 2. The zero-order valence-electron chi connectivity index (χ0n) is 14.0. The monoisotopic (exact) mass is 315 g/mol. The highest BCUT2D eigenvalue weighted by Gasteiger charge is 2.29. The summed E-state index contributed by atoms with van der Waals surface area (Å²) < 4.78 is 0. The second-order valence-electron chi connectivity index (χ2n) is 6.84. The zero-order chi connectivity index (χ0) is 16.4. The molecule has 1 atom stereocenters. The lowest BCUT2D eigenvalue weighted by Crippen LogP contribution is -2.44. The minimum atomic E-state index is 0.0936. The Kier molecular flexibility index (Phi) is 4.64. The minimum Gasteiger partial charge on any atom is -0.342 e. The van der Waals surface area contributed by atoms with Gasteiger partial charge in [-0.25, -0.2) is 0 Å². The Morgan fingerprint density at radius 3 is 2.61 bits per heavy atom. The standard InChI is InChI=1S/C18H25N3O2/c1-13-9-16(10-14(2)19-13)18(23)21-8-3-5-15(12-21)11-20-7-4-6-17(20)22/h9-10,15H,3-8,11-12H2,1-2H3/t15-/m1/s1. The molecule has 0 aromatic carbocycles. The molecule has 5 heteroatoms. The fourth-order valence-corrected chi connectivity index (χ4v) is 3.75. The fraction of sp³-hybridized carbons (Fsp3) is 0.611. The second-order valence-corrected chi connectivity index (χ2v) is 6.84. The van der Waals surface area contributed by atoms with E-state index < -0.39 is 0 Å². The Labute approximate surface area is 137 Å². The first kappa shape index (κ1) is 16.0. The van der Waals surface area contributed by atoms with Gasteiger partial charge in [-0.05, 0) is 51.2 Å². The summed E-state index contributed by atoms with van der Waals surface area (Å²) in [5.74, 6) is 0.767. The van der Waals surface area contributed by atoms with Gasteiger partial charge in [-0.2, -0.15) is 0 Å². The molecular formula is C18H25N3O2. The van der Waals surface area contributed by atoms with Crippen LogP contribution < -0.4 is 0 Å². The first-order valence-corrected chi connectivity index (χ1v) is 8.55. The third kappa shape index (κ3) is 3.71. The number of nitrogens with zero attached hydrogens (tertiary/aromatic N) is 3. The molecule has 0 unspecified atom stereocenters. The van der Waals surface area contributed by atoms with Crippen molar-refractivity contribution in [2.75, 3.05) is 26.2 Å². The van der Waals surface area contributed by atoms with Crippen molar-refractivity contribution >= 4 is 11.8 Å². The number of hydrogen-bond donors (Lipinski definition) is 0. The number of aryl methyl sites for hydroxylation is 2. The molecular weight excluding hydrogens is 290 g/mol. The van der Waals surface area contributed by atoms with E-state index in [9.17, 15) is 9.59 Å². The normalized spacial score (nSPS) is 21.8. The molecule has 5 nitrogen and oxygen atoms in total. The van der Waals surface area contributed by atoms with Crippen LogP contribution in [0.5, 0.6) is 0 Å². The van der Waals surface area contributed by atoms with Crippen molar-refractivity contribution in [3.8, 4) is 0 Å². The minimum absolute atomic E-state index is 0.0936. The highest BCUT2D eigenvalue weighted by Crippen LogP contribution is 2.22. The van der Waals surface area contributed by atoms with Crippen LogP contribution in [-0.2, 0) is 4.79 Å². The Hall–Kier alpha value is -1.91. The number of piperidine rings is 1. The van der Waals surface area contributed by atoms with Crippen molar-refractivity contribution in [1.29, 1.82) is 0 Å². The average molecular weight is 315 g/mol. The number of carbonyl (C=O) groups is 2. The third-order valence-corrected chi connectivity index (χ3v) is 4.78. The van der Waals surface area contributed by atoms with Crippen LogP contribution in [0.25, 0.3) is 0 Å². The van der Waals surface area contributed by atoms with E-state index >= 15 is 0 Å². The Morgan fingerprint density at radius 1 is 1.22 bits per heavy atom. The summed E-state index contributed by atoms with van der Waals surface area (Å²) >= 11 is 0. The molecule has 0 N–H and O–H groups in total. The number of hydrogen-bond acceptors (Lipinski definition) is 3. The van der Waals surface area contributed by atoms with Gasteiger partial charge in [0.05, 0.1) is 0 Å². The largest absolute Gasteiger partial charge is 0.342 e. The summed E-state index contributed by atoms with van der Waals surface area (Å²) in [6.07, 6.45) is 3.78. The molecule has 2 fully saturated rings. The molecule has 2 amide bonds. The van der Waals surface area contributed by atoms with Gasteiger partial charge in [0.15, 0.2) is 0 Å². The maximum atomic E-state index is 12.8. The molecule has 0 bridgehead atoms. The zero-order valence-corrected chi connectivity index (χ0v) is 14.0.